The van der Waals surface area contributed by atoms with Crippen LogP contribution in [0.15, 0.2) is 5.16 Å². The molecule has 0 N–H and O–H groups in total. The van der Waals surface area contributed by atoms with Gasteiger partial charge in [0.1, 0.15) is 5.71 Å². The minimum absolute atomic E-state index is 0.119. The Kier molecular flexibility index (Phi) is 2.58. The van der Waals surface area contributed by atoms with Crippen molar-refractivity contribution in [3.05, 3.63) is 0 Å². The minimum Gasteiger partial charge on any atom is -0.369 e. The van der Waals surface area contributed by atoms with Crippen LogP contribution >= 0.6 is 0 Å². The Morgan fingerprint density at radius 1 is 1.33 bits per heavy atom. The van der Waals surface area contributed by atoms with Crippen LogP contribution in [0.2, 0.25) is 0 Å². The third-order valence-corrected chi connectivity index (χ3v) is 1.97. The number of oxime groups is 1. The normalized spacial score (nSPS) is 29.3. The second-order valence-electron chi connectivity index (χ2n) is 3.05. The molecule has 0 spiro atoms. The first-order valence-electron chi connectivity index (χ1n) is 4.36. The summed E-state index contributed by atoms with van der Waals surface area (Å²) in [5, 5.41) is 3.92. The van der Waals surface area contributed by atoms with E-state index in [4.69, 9.17) is 14.3 Å². The van der Waals surface area contributed by atoms with E-state index < -0.39 is 0 Å². The zero-order valence-electron chi connectivity index (χ0n) is 6.99. The van der Waals surface area contributed by atoms with Crippen molar-refractivity contribution in [1.82, 2.24) is 0 Å². The SMILES string of the molecule is C1CCC(ON=C2COC2)OC1. The second-order valence-corrected chi connectivity index (χ2v) is 3.05. The lowest BCUT2D eigenvalue weighted by Gasteiger charge is -2.22. The number of rotatable bonds is 2. The predicted molar refractivity (Wildman–Crippen MR) is 42.9 cm³/mol. The van der Waals surface area contributed by atoms with Crippen LogP contribution < -0.4 is 0 Å². The minimum atomic E-state index is -0.119. The molecule has 0 aromatic rings. The van der Waals surface area contributed by atoms with Gasteiger partial charge in [0.15, 0.2) is 0 Å². The molecule has 0 radical (unpaired) electrons. The van der Waals surface area contributed by atoms with Crippen molar-refractivity contribution < 1.29 is 14.3 Å². The molecule has 2 aliphatic rings. The van der Waals surface area contributed by atoms with Gasteiger partial charge in [0.2, 0.25) is 6.29 Å². The van der Waals surface area contributed by atoms with Gasteiger partial charge in [0.25, 0.3) is 0 Å². The Morgan fingerprint density at radius 2 is 2.25 bits per heavy atom. The molecule has 2 heterocycles. The number of ether oxygens (including phenoxy) is 2. The molecule has 1 atom stereocenters. The Balaban J connectivity index is 1.70. The molecule has 0 aliphatic carbocycles. The number of hydrogen-bond donors (Lipinski definition) is 0. The zero-order valence-corrected chi connectivity index (χ0v) is 6.99. The third-order valence-electron chi connectivity index (χ3n) is 1.97. The summed E-state index contributed by atoms with van der Waals surface area (Å²) in [6.45, 7) is 2.03. The molecular weight excluding hydrogens is 158 g/mol. The fourth-order valence-electron chi connectivity index (χ4n) is 1.17. The lowest BCUT2D eigenvalue weighted by atomic mass is 10.2. The first-order valence-corrected chi connectivity index (χ1v) is 4.36. The summed E-state index contributed by atoms with van der Waals surface area (Å²) in [4.78, 5) is 5.17. The van der Waals surface area contributed by atoms with Crippen molar-refractivity contribution in [2.45, 2.75) is 25.6 Å². The van der Waals surface area contributed by atoms with Gasteiger partial charge in [0.05, 0.1) is 19.8 Å². The molecule has 0 amide bonds. The van der Waals surface area contributed by atoms with Crippen LogP contribution in [0, 0.1) is 0 Å². The van der Waals surface area contributed by atoms with Crippen molar-refractivity contribution in [1.29, 1.82) is 0 Å². The van der Waals surface area contributed by atoms with E-state index in [0.29, 0.717) is 13.2 Å². The summed E-state index contributed by atoms with van der Waals surface area (Å²) < 4.78 is 10.2. The highest BCUT2D eigenvalue weighted by Gasteiger charge is 2.16. The first-order chi connectivity index (χ1) is 5.95. The average molecular weight is 171 g/mol. The van der Waals surface area contributed by atoms with Gasteiger partial charge in [-0.2, -0.15) is 0 Å². The monoisotopic (exact) mass is 171 g/mol. The molecule has 0 aromatic carbocycles. The Hall–Kier alpha value is -0.610. The molecule has 4 heteroatoms. The van der Waals surface area contributed by atoms with Crippen LogP contribution in [-0.2, 0) is 14.3 Å². The van der Waals surface area contributed by atoms with Gasteiger partial charge >= 0.3 is 0 Å². The van der Waals surface area contributed by atoms with Crippen LogP contribution in [0.4, 0.5) is 0 Å². The highest BCUT2D eigenvalue weighted by Crippen LogP contribution is 2.14. The molecular formula is C8H13NO3. The molecule has 2 saturated heterocycles. The maximum Gasteiger partial charge on any atom is 0.226 e. The van der Waals surface area contributed by atoms with Crippen LogP contribution in [0.1, 0.15) is 19.3 Å². The smallest absolute Gasteiger partial charge is 0.226 e. The van der Waals surface area contributed by atoms with Crippen molar-refractivity contribution in [3.8, 4) is 0 Å². The van der Waals surface area contributed by atoms with Gasteiger partial charge in [-0.05, 0) is 12.8 Å². The van der Waals surface area contributed by atoms with E-state index in [1.54, 1.807) is 0 Å². The van der Waals surface area contributed by atoms with Gasteiger partial charge in [0, 0.05) is 6.42 Å². The molecule has 68 valence electrons. The van der Waals surface area contributed by atoms with E-state index in [1.165, 1.54) is 6.42 Å². The van der Waals surface area contributed by atoms with E-state index in [-0.39, 0.29) is 6.29 Å². The summed E-state index contributed by atoms with van der Waals surface area (Å²) in [5.74, 6) is 0. The first kappa shape index (κ1) is 8.01. The highest BCUT2D eigenvalue weighted by atomic mass is 16.8. The zero-order chi connectivity index (χ0) is 8.23. The molecule has 0 bridgehead atoms. The van der Waals surface area contributed by atoms with Crippen LogP contribution in [0.25, 0.3) is 0 Å². The van der Waals surface area contributed by atoms with Crippen molar-refractivity contribution in [2.24, 2.45) is 5.16 Å². The lowest BCUT2D eigenvalue weighted by molar-refractivity contribution is -0.163. The Bertz CT molecular complexity index is 169. The van der Waals surface area contributed by atoms with Crippen LogP contribution in [0.3, 0.4) is 0 Å². The summed E-state index contributed by atoms with van der Waals surface area (Å²) in [6, 6.07) is 0. The van der Waals surface area contributed by atoms with Gasteiger partial charge in [-0.25, -0.2) is 0 Å². The summed E-state index contributed by atoms with van der Waals surface area (Å²) in [6.07, 6.45) is 3.15. The molecule has 1 unspecified atom stereocenters. The summed E-state index contributed by atoms with van der Waals surface area (Å²) in [5.41, 5.74) is 0.976. The van der Waals surface area contributed by atoms with E-state index in [2.05, 4.69) is 5.16 Å². The van der Waals surface area contributed by atoms with E-state index in [0.717, 1.165) is 25.2 Å². The van der Waals surface area contributed by atoms with Crippen molar-refractivity contribution in [2.75, 3.05) is 19.8 Å². The molecule has 12 heavy (non-hydrogen) atoms. The Labute approximate surface area is 71.5 Å². The second kappa shape index (κ2) is 3.87. The Morgan fingerprint density at radius 3 is 2.83 bits per heavy atom. The van der Waals surface area contributed by atoms with Crippen LogP contribution in [0.5, 0.6) is 0 Å². The van der Waals surface area contributed by atoms with E-state index in [9.17, 15) is 0 Å². The van der Waals surface area contributed by atoms with Crippen molar-refractivity contribution in [3.63, 3.8) is 0 Å². The fraction of sp³-hybridized carbons (Fsp3) is 0.875. The van der Waals surface area contributed by atoms with Crippen molar-refractivity contribution >= 4 is 5.71 Å². The molecule has 2 aliphatic heterocycles. The van der Waals surface area contributed by atoms with Gasteiger partial charge < -0.3 is 14.3 Å². The quantitative estimate of drug-likeness (QED) is 0.580. The molecule has 2 fully saturated rings. The molecule has 0 saturated carbocycles. The largest absolute Gasteiger partial charge is 0.369 e. The summed E-state index contributed by atoms with van der Waals surface area (Å²) >= 11 is 0. The van der Waals surface area contributed by atoms with Gasteiger partial charge in [-0.1, -0.05) is 5.16 Å². The number of nitrogens with zero attached hydrogens (tertiary/aromatic N) is 1. The standard InChI is InChI=1S/C8H13NO3/c1-2-4-11-8(3-1)12-9-7-5-10-6-7/h8H,1-6H2. The third kappa shape index (κ3) is 1.95. The maximum absolute atomic E-state index is 5.33. The van der Waals surface area contributed by atoms with Gasteiger partial charge in [-0.3, -0.25) is 0 Å². The van der Waals surface area contributed by atoms with E-state index in [1.807, 2.05) is 0 Å². The fourth-order valence-corrected chi connectivity index (χ4v) is 1.17. The lowest BCUT2D eigenvalue weighted by Crippen LogP contribution is -2.29. The van der Waals surface area contributed by atoms with E-state index >= 15 is 0 Å². The number of hydrogen-bond acceptors (Lipinski definition) is 4. The van der Waals surface area contributed by atoms with Crippen LogP contribution in [-0.4, -0.2) is 31.8 Å². The van der Waals surface area contributed by atoms with Gasteiger partial charge in [-0.15, -0.1) is 0 Å². The summed E-state index contributed by atoms with van der Waals surface area (Å²) in [7, 11) is 0. The maximum atomic E-state index is 5.33. The average Bonchev–Trinajstić information content (AvgIpc) is 2.04. The predicted octanol–water partition coefficient (Wildman–Crippen LogP) is 0.916. The molecule has 2 rings (SSSR count). The topological polar surface area (TPSA) is 40.0 Å². The molecule has 4 nitrogen and oxygen atoms in total. The highest BCUT2D eigenvalue weighted by molar-refractivity contribution is 5.90. The molecule has 0 aromatic heterocycles.